The summed E-state index contributed by atoms with van der Waals surface area (Å²) in [6.45, 7) is 3.59. The normalized spacial score (nSPS) is 18.5. The molecule has 1 fully saturated rings. The van der Waals surface area contributed by atoms with Gasteiger partial charge in [-0.3, -0.25) is 4.79 Å². The Hall–Kier alpha value is -1.06. The Morgan fingerprint density at radius 3 is 2.50 bits per heavy atom. The van der Waals surface area contributed by atoms with Gasteiger partial charge in [0.25, 0.3) is 0 Å². The molecule has 1 saturated heterocycles. The molecule has 0 bridgehead atoms. The Morgan fingerprint density at radius 2 is 1.90 bits per heavy atom. The quantitative estimate of drug-likeness (QED) is 0.928. The molecule has 1 aromatic carbocycles. The number of benzene rings is 1. The van der Waals surface area contributed by atoms with E-state index in [1.165, 1.54) is 12.0 Å². The van der Waals surface area contributed by atoms with Crippen LogP contribution in [0.15, 0.2) is 24.3 Å². The Labute approximate surface area is 127 Å². The first-order chi connectivity index (χ1) is 9.24. The van der Waals surface area contributed by atoms with Crippen LogP contribution in [-0.4, -0.2) is 29.9 Å². The minimum absolute atomic E-state index is 0. The molecule has 112 valence electrons. The highest BCUT2D eigenvalue weighted by molar-refractivity contribution is 5.85. The van der Waals surface area contributed by atoms with Crippen LogP contribution in [0.5, 0.6) is 0 Å². The third-order valence-electron chi connectivity index (χ3n) is 4.01. The van der Waals surface area contributed by atoms with Gasteiger partial charge >= 0.3 is 0 Å². The lowest BCUT2D eigenvalue weighted by Gasteiger charge is -2.35. The number of halogens is 1. The van der Waals surface area contributed by atoms with E-state index in [0.717, 1.165) is 31.4 Å². The minimum atomic E-state index is 0. The number of aryl methyl sites for hydroxylation is 1. The molecule has 20 heavy (non-hydrogen) atoms. The molecule has 2 rings (SSSR count). The van der Waals surface area contributed by atoms with Crippen molar-refractivity contribution in [2.45, 2.75) is 45.1 Å². The SMILES string of the molecule is CCc1ccc(CC(=O)N2CCCCC2CN)cc1.Cl. The van der Waals surface area contributed by atoms with Gasteiger partial charge in [-0.2, -0.15) is 0 Å². The summed E-state index contributed by atoms with van der Waals surface area (Å²) in [5, 5.41) is 0. The molecule has 0 radical (unpaired) electrons. The highest BCUT2D eigenvalue weighted by Gasteiger charge is 2.25. The summed E-state index contributed by atoms with van der Waals surface area (Å²) in [7, 11) is 0. The lowest BCUT2D eigenvalue weighted by molar-refractivity contribution is -0.133. The number of carbonyl (C=O) groups excluding carboxylic acids is 1. The van der Waals surface area contributed by atoms with Crippen LogP contribution in [0.1, 0.15) is 37.3 Å². The fraction of sp³-hybridized carbons (Fsp3) is 0.562. The summed E-state index contributed by atoms with van der Waals surface area (Å²) in [4.78, 5) is 14.3. The first-order valence-electron chi connectivity index (χ1n) is 7.32. The molecular weight excluding hydrogens is 272 g/mol. The minimum Gasteiger partial charge on any atom is -0.338 e. The Kier molecular flexibility index (Phi) is 7.03. The second-order valence-corrected chi connectivity index (χ2v) is 5.32. The summed E-state index contributed by atoms with van der Waals surface area (Å²) in [6, 6.07) is 8.60. The molecule has 0 spiro atoms. The zero-order chi connectivity index (χ0) is 13.7. The highest BCUT2D eigenvalue weighted by atomic mass is 35.5. The van der Waals surface area contributed by atoms with Crippen LogP contribution in [0.3, 0.4) is 0 Å². The molecule has 1 atom stereocenters. The molecule has 1 unspecified atom stereocenters. The molecule has 1 amide bonds. The van der Waals surface area contributed by atoms with Crippen LogP contribution in [-0.2, 0) is 17.6 Å². The smallest absolute Gasteiger partial charge is 0.227 e. The van der Waals surface area contributed by atoms with E-state index >= 15 is 0 Å². The molecule has 4 heteroatoms. The predicted molar refractivity (Wildman–Crippen MR) is 85.2 cm³/mol. The molecule has 1 aromatic rings. The lowest BCUT2D eigenvalue weighted by Crippen LogP contribution is -2.48. The van der Waals surface area contributed by atoms with Crippen molar-refractivity contribution in [3.63, 3.8) is 0 Å². The zero-order valence-corrected chi connectivity index (χ0v) is 13.0. The van der Waals surface area contributed by atoms with Crippen molar-refractivity contribution >= 4 is 18.3 Å². The van der Waals surface area contributed by atoms with Gasteiger partial charge in [-0.1, -0.05) is 31.2 Å². The number of likely N-dealkylation sites (tertiary alicyclic amines) is 1. The van der Waals surface area contributed by atoms with Crippen LogP contribution in [0, 0.1) is 0 Å². The van der Waals surface area contributed by atoms with Crippen molar-refractivity contribution < 1.29 is 4.79 Å². The van der Waals surface area contributed by atoms with E-state index in [2.05, 4.69) is 31.2 Å². The monoisotopic (exact) mass is 296 g/mol. The average molecular weight is 297 g/mol. The van der Waals surface area contributed by atoms with E-state index in [0.29, 0.717) is 13.0 Å². The molecule has 0 aliphatic carbocycles. The molecular formula is C16H25ClN2O. The first-order valence-corrected chi connectivity index (χ1v) is 7.32. The summed E-state index contributed by atoms with van der Waals surface area (Å²) < 4.78 is 0. The molecule has 1 aliphatic heterocycles. The number of rotatable bonds is 4. The van der Waals surface area contributed by atoms with Crippen molar-refractivity contribution in [1.82, 2.24) is 4.90 Å². The van der Waals surface area contributed by atoms with Gasteiger partial charge in [-0.25, -0.2) is 0 Å². The van der Waals surface area contributed by atoms with E-state index in [1.807, 2.05) is 4.90 Å². The lowest BCUT2D eigenvalue weighted by atomic mass is 10.0. The Balaban J connectivity index is 0.00000200. The van der Waals surface area contributed by atoms with Crippen LogP contribution < -0.4 is 5.73 Å². The third kappa shape index (κ3) is 4.22. The van der Waals surface area contributed by atoms with E-state index in [1.54, 1.807) is 0 Å². The average Bonchev–Trinajstić information content (AvgIpc) is 2.48. The van der Waals surface area contributed by atoms with Gasteiger partial charge < -0.3 is 10.6 Å². The highest BCUT2D eigenvalue weighted by Crippen LogP contribution is 2.17. The molecule has 2 N–H and O–H groups in total. The van der Waals surface area contributed by atoms with Crippen LogP contribution >= 0.6 is 12.4 Å². The van der Waals surface area contributed by atoms with Crippen molar-refractivity contribution in [3.05, 3.63) is 35.4 Å². The Morgan fingerprint density at radius 1 is 1.25 bits per heavy atom. The van der Waals surface area contributed by atoms with Gasteiger partial charge in [-0.05, 0) is 36.8 Å². The first kappa shape index (κ1) is 17.0. The predicted octanol–water partition coefficient (Wildman–Crippen LogP) is 2.55. The fourth-order valence-electron chi connectivity index (χ4n) is 2.74. The van der Waals surface area contributed by atoms with Gasteiger partial charge in [0.2, 0.25) is 5.91 Å². The number of hydrogen-bond donors (Lipinski definition) is 1. The van der Waals surface area contributed by atoms with E-state index in [9.17, 15) is 4.79 Å². The summed E-state index contributed by atoms with van der Waals surface area (Å²) >= 11 is 0. The number of nitrogens with two attached hydrogens (primary N) is 1. The maximum atomic E-state index is 12.4. The number of hydrogen-bond acceptors (Lipinski definition) is 2. The van der Waals surface area contributed by atoms with Gasteiger partial charge in [0, 0.05) is 19.1 Å². The third-order valence-corrected chi connectivity index (χ3v) is 4.01. The van der Waals surface area contributed by atoms with Gasteiger partial charge in [0.15, 0.2) is 0 Å². The molecule has 0 saturated carbocycles. The number of amides is 1. The second kappa shape index (κ2) is 8.28. The molecule has 0 aromatic heterocycles. The van der Waals surface area contributed by atoms with Crippen LogP contribution in [0.4, 0.5) is 0 Å². The second-order valence-electron chi connectivity index (χ2n) is 5.32. The van der Waals surface area contributed by atoms with Gasteiger partial charge in [0.1, 0.15) is 0 Å². The topological polar surface area (TPSA) is 46.3 Å². The number of nitrogens with zero attached hydrogens (tertiary/aromatic N) is 1. The van der Waals surface area contributed by atoms with Gasteiger partial charge in [0.05, 0.1) is 6.42 Å². The summed E-state index contributed by atoms with van der Waals surface area (Å²) in [5.41, 5.74) is 8.18. The number of carbonyl (C=O) groups is 1. The summed E-state index contributed by atoms with van der Waals surface area (Å²) in [6.07, 6.45) is 4.89. The van der Waals surface area contributed by atoms with Crippen LogP contribution in [0.25, 0.3) is 0 Å². The standard InChI is InChI=1S/C16H24N2O.ClH/c1-2-13-6-8-14(9-7-13)11-16(19)18-10-4-3-5-15(18)12-17;/h6-9,15H,2-5,10-12,17H2,1H3;1H. The van der Waals surface area contributed by atoms with Gasteiger partial charge in [-0.15, -0.1) is 12.4 Å². The maximum absolute atomic E-state index is 12.4. The van der Waals surface area contributed by atoms with Crippen molar-refractivity contribution in [2.75, 3.05) is 13.1 Å². The molecule has 1 aliphatic rings. The maximum Gasteiger partial charge on any atom is 0.227 e. The number of piperidine rings is 1. The zero-order valence-electron chi connectivity index (χ0n) is 12.2. The van der Waals surface area contributed by atoms with Crippen LogP contribution in [0.2, 0.25) is 0 Å². The van der Waals surface area contributed by atoms with E-state index in [-0.39, 0.29) is 24.4 Å². The summed E-state index contributed by atoms with van der Waals surface area (Å²) in [5.74, 6) is 0.222. The van der Waals surface area contributed by atoms with Crippen molar-refractivity contribution in [2.24, 2.45) is 5.73 Å². The fourth-order valence-corrected chi connectivity index (χ4v) is 2.74. The molecule has 3 nitrogen and oxygen atoms in total. The van der Waals surface area contributed by atoms with Crippen molar-refractivity contribution in [3.8, 4) is 0 Å². The van der Waals surface area contributed by atoms with E-state index < -0.39 is 0 Å². The largest absolute Gasteiger partial charge is 0.338 e. The van der Waals surface area contributed by atoms with E-state index in [4.69, 9.17) is 5.73 Å². The Bertz CT molecular complexity index is 419. The molecule has 1 heterocycles. The van der Waals surface area contributed by atoms with Crippen molar-refractivity contribution in [1.29, 1.82) is 0 Å².